The van der Waals surface area contributed by atoms with Gasteiger partial charge in [0.25, 0.3) is 0 Å². The number of hydrogen-bond acceptors (Lipinski definition) is 7. The van der Waals surface area contributed by atoms with Crippen LogP contribution in [-0.4, -0.2) is 57.0 Å². The fourth-order valence-electron chi connectivity index (χ4n) is 4.66. The largest absolute Gasteiger partial charge is 0.480 e. The number of amides is 3. The highest BCUT2D eigenvalue weighted by atomic mass is 32.1. The van der Waals surface area contributed by atoms with Crippen molar-refractivity contribution in [3.05, 3.63) is 101 Å². The van der Waals surface area contributed by atoms with Gasteiger partial charge in [-0.05, 0) is 53.3 Å². The van der Waals surface area contributed by atoms with Crippen LogP contribution in [0.25, 0.3) is 11.1 Å². The maximum absolute atomic E-state index is 13.9. The number of aromatic nitrogens is 2. The third-order valence-corrected chi connectivity index (χ3v) is 7.24. The molecule has 0 spiro atoms. The number of carboxylic acid groups (broad SMARTS) is 1. The second-order valence-corrected chi connectivity index (χ2v) is 9.90. The summed E-state index contributed by atoms with van der Waals surface area (Å²) < 4.78 is 0. The molecule has 2 aromatic carbocycles. The van der Waals surface area contributed by atoms with E-state index >= 15 is 0 Å². The Hall–Kier alpha value is -4.41. The Morgan fingerprint density at radius 1 is 1.05 bits per heavy atom. The second kappa shape index (κ2) is 12.0. The molecule has 1 atom stereocenters. The van der Waals surface area contributed by atoms with Crippen LogP contribution in [0.1, 0.15) is 16.8 Å². The number of anilines is 1. The normalized spacial score (nSPS) is 13.1. The molecule has 0 radical (unpaired) electrons. The van der Waals surface area contributed by atoms with Crippen LogP contribution in [0.2, 0.25) is 0 Å². The Balaban J connectivity index is 1.43. The second-order valence-electron chi connectivity index (χ2n) is 9.18. The number of carbonyl (C=O) groups is 3. The van der Waals surface area contributed by atoms with Crippen molar-refractivity contribution >= 4 is 34.9 Å². The van der Waals surface area contributed by atoms with Crippen molar-refractivity contribution in [2.75, 3.05) is 18.0 Å². The molecule has 198 valence electrons. The molecule has 5 rings (SSSR count). The van der Waals surface area contributed by atoms with E-state index in [1.165, 1.54) is 16.2 Å². The third kappa shape index (κ3) is 6.19. The lowest BCUT2D eigenvalue weighted by Crippen LogP contribution is -2.55. The van der Waals surface area contributed by atoms with Gasteiger partial charge in [-0.1, -0.05) is 42.5 Å². The van der Waals surface area contributed by atoms with Gasteiger partial charge in [-0.3, -0.25) is 29.7 Å². The molecule has 0 fully saturated rings. The van der Waals surface area contributed by atoms with Crippen molar-refractivity contribution in [1.29, 1.82) is 0 Å². The predicted molar refractivity (Wildman–Crippen MR) is 148 cm³/mol. The molecule has 4 aromatic rings. The average molecular weight is 542 g/mol. The van der Waals surface area contributed by atoms with Crippen LogP contribution in [0.4, 0.5) is 10.5 Å². The molecule has 0 bridgehead atoms. The smallest absolute Gasteiger partial charge is 0.331 e. The first-order chi connectivity index (χ1) is 19.0. The van der Waals surface area contributed by atoms with Crippen LogP contribution in [0, 0.1) is 0 Å². The van der Waals surface area contributed by atoms with E-state index in [0.29, 0.717) is 25.2 Å². The number of pyridine rings is 1. The Labute approximate surface area is 229 Å². The molecule has 1 unspecified atom stereocenters. The number of imide groups is 1. The highest BCUT2D eigenvalue weighted by Crippen LogP contribution is 2.33. The zero-order valence-electron chi connectivity index (χ0n) is 21.1. The highest BCUT2D eigenvalue weighted by Gasteiger charge is 2.36. The minimum atomic E-state index is -1.26. The van der Waals surface area contributed by atoms with Gasteiger partial charge in [0.05, 0.1) is 17.2 Å². The molecule has 39 heavy (non-hydrogen) atoms. The monoisotopic (exact) mass is 541 g/mol. The first kappa shape index (κ1) is 26.2. The molecule has 3 amide bonds. The fraction of sp³-hybridized carbons (Fsp3) is 0.207. The Bertz CT molecular complexity index is 1450. The maximum Gasteiger partial charge on any atom is 0.331 e. The molecular weight excluding hydrogens is 514 g/mol. The minimum absolute atomic E-state index is 0.288. The minimum Gasteiger partial charge on any atom is -0.480 e. The lowest BCUT2D eigenvalue weighted by Gasteiger charge is -2.29. The highest BCUT2D eigenvalue weighted by molar-refractivity contribution is 7.07. The number of nitrogens with one attached hydrogen (secondary N) is 1. The van der Waals surface area contributed by atoms with Crippen LogP contribution in [0.5, 0.6) is 0 Å². The van der Waals surface area contributed by atoms with E-state index in [1.54, 1.807) is 17.9 Å². The van der Waals surface area contributed by atoms with Crippen molar-refractivity contribution in [2.24, 2.45) is 0 Å². The average Bonchev–Trinajstić information content (AvgIpc) is 3.64. The van der Waals surface area contributed by atoms with Gasteiger partial charge in [-0.15, -0.1) is 11.3 Å². The number of benzene rings is 2. The van der Waals surface area contributed by atoms with Gasteiger partial charge in [0.15, 0.2) is 0 Å². The maximum atomic E-state index is 13.9. The van der Waals surface area contributed by atoms with Crippen LogP contribution >= 0.6 is 11.3 Å². The summed E-state index contributed by atoms with van der Waals surface area (Å²) in [6.07, 6.45) is 4.30. The summed E-state index contributed by atoms with van der Waals surface area (Å²) in [7, 11) is 0. The summed E-state index contributed by atoms with van der Waals surface area (Å²) in [4.78, 5) is 50.2. The van der Waals surface area contributed by atoms with E-state index < -0.39 is 30.5 Å². The number of carboxylic acids is 1. The number of hydrogen-bond donors (Lipinski definition) is 2. The number of rotatable bonds is 9. The molecule has 0 saturated heterocycles. The van der Waals surface area contributed by atoms with Crippen molar-refractivity contribution < 1.29 is 19.5 Å². The molecule has 1 aliphatic rings. The van der Waals surface area contributed by atoms with Crippen LogP contribution in [0.3, 0.4) is 0 Å². The first-order valence-corrected chi connectivity index (χ1v) is 13.5. The summed E-state index contributed by atoms with van der Waals surface area (Å²) in [6.45, 7) is -0.0755. The topological polar surface area (TPSA) is 116 Å². The standard InChI is InChI=1S/C29H27N5O4S/c35-27(36)17-34(28(37)25(14-20-4-2-1-3-5-20)31-16-24-18-39-19-32-24)29(38)33-13-10-22-6-7-23(15-26(22)33)21-8-11-30-12-9-21/h1-9,11-12,15,18-19,25,31H,10,13-14,16-17H2,(H,35,36). The van der Waals surface area contributed by atoms with Crippen molar-refractivity contribution in [1.82, 2.24) is 20.2 Å². The van der Waals surface area contributed by atoms with E-state index in [1.807, 2.05) is 66.0 Å². The zero-order chi connectivity index (χ0) is 27.2. The zero-order valence-corrected chi connectivity index (χ0v) is 21.9. The van der Waals surface area contributed by atoms with E-state index in [2.05, 4.69) is 15.3 Å². The number of fused-ring (bicyclic) bond motifs is 1. The summed E-state index contributed by atoms with van der Waals surface area (Å²) in [5, 5.41) is 14.7. The molecule has 0 saturated carbocycles. The lowest BCUT2D eigenvalue weighted by molar-refractivity contribution is -0.143. The van der Waals surface area contributed by atoms with Crippen LogP contribution in [-0.2, 0) is 29.0 Å². The van der Waals surface area contributed by atoms with Crippen molar-refractivity contribution in [3.63, 3.8) is 0 Å². The van der Waals surface area contributed by atoms with E-state index in [0.717, 1.165) is 32.8 Å². The summed E-state index contributed by atoms with van der Waals surface area (Å²) >= 11 is 1.44. The molecule has 0 aliphatic carbocycles. The van der Waals surface area contributed by atoms with Crippen molar-refractivity contribution in [3.8, 4) is 11.1 Å². The molecule has 10 heteroatoms. The summed E-state index contributed by atoms with van der Waals surface area (Å²) in [5.41, 5.74) is 6.84. The van der Waals surface area contributed by atoms with E-state index in [4.69, 9.17) is 0 Å². The molecule has 9 nitrogen and oxygen atoms in total. The number of aliphatic carboxylic acids is 1. The fourth-order valence-corrected chi connectivity index (χ4v) is 5.22. The van der Waals surface area contributed by atoms with Gasteiger partial charge in [-0.25, -0.2) is 9.78 Å². The number of thiazole rings is 1. The van der Waals surface area contributed by atoms with E-state index in [-0.39, 0.29) is 6.42 Å². The number of carbonyl (C=O) groups excluding carboxylic acids is 2. The number of urea groups is 1. The predicted octanol–water partition coefficient (Wildman–Crippen LogP) is 4.00. The molecule has 1 aliphatic heterocycles. The summed E-state index contributed by atoms with van der Waals surface area (Å²) in [5.74, 6) is -1.86. The van der Waals surface area contributed by atoms with E-state index in [9.17, 15) is 19.5 Å². The Morgan fingerprint density at radius 3 is 2.56 bits per heavy atom. The van der Waals surface area contributed by atoms with Gasteiger partial charge in [0.1, 0.15) is 6.54 Å². The Kier molecular flexibility index (Phi) is 8.04. The third-order valence-electron chi connectivity index (χ3n) is 6.61. The first-order valence-electron chi connectivity index (χ1n) is 12.5. The molecule has 2 N–H and O–H groups in total. The van der Waals surface area contributed by atoms with Crippen LogP contribution < -0.4 is 10.2 Å². The molecular formula is C29H27N5O4S. The molecule has 3 heterocycles. The lowest BCUT2D eigenvalue weighted by atomic mass is 10.0. The van der Waals surface area contributed by atoms with Gasteiger partial charge in [0.2, 0.25) is 5.91 Å². The quantitative estimate of drug-likeness (QED) is 0.329. The van der Waals surface area contributed by atoms with Gasteiger partial charge < -0.3 is 5.11 Å². The van der Waals surface area contributed by atoms with Gasteiger partial charge in [0, 0.05) is 36.6 Å². The van der Waals surface area contributed by atoms with Gasteiger partial charge in [-0.2, -0.15) is 0 Å². The van der Waals surface area contributed by atoms with Crippen molar-refractivity contribution in [2.45, 2.75) is 25.4 Å². The SMILES string of the molecule is O=C(O)CN(C(=O)C(Cc1ccccc1)NCc1cscn1)C(=O)N1CCc2ccc(-c3ccncc3)cc21. The molecule has 2 aromatic heterocycles. The summed E-state index contributed by atoms with van der Waals surface area (Å²) in [6, 6.07) is 17.6. The Morgan fingerprint density at radius 2 is 1.85 bits per heavy atom. The van der Waals surface area contributed by atoms with Gasteiger partial charge >= 0.3 is 12.0 Å². The number of nitrogens with zero attached hydrogens (tertiary/aromatic N) is 4. The van der Waals surface area contributed by atoms with Crippen LogP contribution in [0.15, 0.2) is 83.9 Å².